The van der Waals surface area contributed by atoms with Crippen LogP contribution in [0.25, 0.3) is 0 Å². The van der Waals surface area contributed by atoms with Gasteiger partial charge in [0.25, 0.3) is 0 Å². The second kappa shape index (κ2) is 5.34. The number of ketones is 1. The predicted octanol–water partition coefficient (Wildman–Crippen LogP) is -0.190. The quantitative estimate of drug-likeness (QED) is 0.395. The highest BCUT2D eigenvalue weighted by atomic mass is 16.7. The van der Waals surface area contributed by atoms with E-state index in [-0.39, 0.29) is 30.8 Å². The molecule has 2 heterocycles. The highest BCUT2D eigenvalue weighted by molar-refractivity contribution is 6.01. The van der Waals surface area contributed by atoms with Crippen molar-refractivity contribution in [3.63, 3.8) is 0 Å². The molecule has 0 spiro atoms. The monoisotopic (exact) mass is 257 g/mol. The Balaban J connectivity index is 2.19. The number of methoxy groups -OCH3 is 2. The van der Waals surface area contributed by atoms with Crippen molar-refractivity contribution in [2.45, 2.75) is 31.0 Å². The molecule has 0 radical (unpaired) electrons. The molecule has 2 aliphatic heterocycles. The molecule has 0 aromatic heterocycles. The van der Waals surface area contributed by atoms with Crippen LogP contribution >= 0.6 is 0 Å². The van der Waals surface area contributed by atoms with Crippen LogP contribution in [0.3, 0.4) is 0 Å². The summed E-state index contributed by atoms with van der Waals surface area (Å²) in [5, 5.41) is 0. The zero-order valence-corrected chi connectivity index (χ0v) is 10.9. The van der Waals surface area contributed by atoms with Crippen LogP contribution in [0.1, 0.15) is 12.8 Å². The lowest BCUT2D eigenvalue weighted by atomic mass is 9.88. The van der Waals surface area contributed by atoms with E-state index in [1.165, 1.54) is 7.11 Å². The van der Waals surface area contributed by atoms with E-state index in [4.69, 9.17) is 14.2 Å². The van der Waals surface area contributed by atoms with Crippen LogP contribution in [0.15, 0.2) is 0 Å². The van der Waals surface area contributed by atoms with Gasteiger partial charge in [0.05, 0.1) is 19.3 Å². The van der Waals surface area contributed by atoms with E-state index in [2.05, 4.69) is 4.90 Å². The first-order valence-corrected chi connectivity index (χ1v) is 6.03. The average Bonchev–Trinajstić information content (AvgIpc) is 2.56. The van der Waals surface area contributed by atoms with Crippen molar-refractivity contribution in [2.75, 3.05) is 28.1 Å². The summed E-state index contributed by atoms with van der Waals surface area (Å²) >= 11 is 0. The molecule has 4 unspecified atom stereocenters. The van der Waals surface area contributed by atoms with Gasteiger partial charge in [-0.3, -0.25) is 14.5 Å². The number of carbonyl (C=O) groups is 2. The number of esters is 1. The minimum absolute atomic E-state index is 0.0431. The molecule has 2 saturated heterocycles. The Morgan fingerprint density at radius 2 is 2.17 bits per heavy atom. The molecule has 0 aromatic rings. The lowest BCUT2D eigenvalue weighted by molar-refractivity contribution is -0.158. The summed E-state index contributed by atoms with van der Waals surface area (Å²) in [5.41, 5.74) is 0. The number of rotatable bonds is 4. The Bertz CT molecular complexity index is 345. The number of nitrogens with zero attached hydrogens (tertiary/aromatic N) is 1. The molecule has 2 aliphatic rings. The topological polar surface area (TPSA) is 65.1 Å². The fraction of sp³-hybridized carbons (Fsp3) is 0.833. The van der Waals surface area contributed by atoms with Gasteiger partial charge >= 0.3 is 5.97 Å². The van der Waals surface area contributed by atoms with Crippen molar-refractivity contribution < 1.29 is 23.8 Å². The summed E-state index contributed by atoms with van der Waals surface area (Å²) in [4.78, 5) is 25.8. The summed E-state index contributed by atoms with van der Waals surface area (Å²) in [6, 6.07) is -0.0795. The maximum atomic E-state index is 12.0. The molecule has 0 N–H and O–H groups in total. The van der Waals surface area contributed by atoms with Crippen LogP contribution in [0.5, 0.6) is 0 Å². The molecule has 102 valence electrons. The van der Waals surface area contributed by atoms with Gasteiger partial charge in [0.1, 0.15) is 18.5 Å². The molecule has 0 saturated carbocycles. The molecule has 2 fully saturated rings. The minimum atomic E-state index is -0.736. The maximum Gasteiger partial charge on any atom is 0.317 e. The Kier molecular flexibility index (Phi) is 3.99. The number of piperidine rings is 1. The lowest BCUT2D eigenvalue weighted by Crippen LogP contribution is -2.53. The molecule has 6 nitrogen and oxygen atoms in total. The number of hydrogen-bond donors (Lipinski definition) is 0. The van der Waals surface area contributed by atoms with Crippen LogP contribution < -0.4 is 0 Å². The smallest absolute Gasteiger partial charge is 0.317 e. The van der Waals surface area contributed by atoms with Crippen LogP contribution in [0, 0.1) is 5.92 Å². The summed E-state index contributed by atoms with van der Waals surface area (Å²) in [6.45, 7) is 0.170. The normalized spacial score (nSPS) is 35.8. The Morgan fingerprint density at radius 3 is 2.78 bits per heavy atom. The zero-order chi connectivity index (χ0) is 13.3. The number of ether oxygens (including phenoxy) is 3. The third kappa shape index (κ3) is 2.15. The van der Waals surface area contributed by atoms with Crippen molar-refractivity contribution in [2.24, 2.45) is 5.92 Å². The fourth-order valence-electron chi connectivity index (χ4n) is 3.03. The molecule has 6 heteroatoms. The summed E-state index contributed by atoms with van der Waals surface area (Å²) < 4.78 is 15.2. The summed E-state index contributed by atoms with van der Waals surface area (Å²) in [5.74, 6) is -1.25. The standard InChI is InChI=1S/C12H19NO5/c1-13-7-4-8(14)10(12(15)17-3)11(13)9(5-7)18-6-16-2/h7,9-11H,4-6H2,1-3H3. The largest absolute Gasteiger partial charge is 0.468 e. The van der Waals surface area contributed by atoms with Gasteiger partial charge in [0.15, 0.2) is 0 Å². The molecule has 0 amide bonds. The van der Waals surface area contributed by atoms with Crippen LogP contribution in [0.4, 0.5) is 0 Å². The van der Waals surface area contributed by atoms with E-state index in [0.29, 0.717) is 6.42 Å². The van der Waals surface area contributed by atoms with Gasteiger partial charge < -0.3 is 14.2 Å². The van der Waals surface area contributed by atoms with Gasteiger partial charge in [-0.1, -0.05) is 0 Å². The molecule has 0 aromatic carbocycles. The summed E-state index contributed by atoms with van der Waals surface area (Å²) in [7, 11) is 4.78. The number of fused-ring (bicyclic) bond motifs is 2. The predicted molar refractivity (Wildman–Crippen MR) is 61.8 cm³/mol. The van der Waals surface area contributed by atoms with Gasteiger partial charge in [-0.15, -0.1) is 0 Å². The highest BCUT2D eigenvalue weighted by Gasteiger charge is 2.54. The third-order valence-corrected chi connectivity index (χ3v) is 3.91. The number of likely N-dealkylation sites (N-methyl/N-ethyl adjacent to an activating group) is 1. The highest BCUT2D eigenvalue weighted by Crippen LogP contribution is 2.38. The first-order valence-electron chi connectivity index (χ1n) is 6.03. The maximum absolute atomic E-state index is 12.0. The molecule has 18 heavy (non-hydrogen) atoms. The molecule has 4 atom stereocenters. The Hall–Kier alpha value is -0.980. The lowest BCUT2D eigenvalue weighted by Gasteiger charge is -2.35. The van der Waals surface area contributed by atoms with E-state index in [0.717, 1.165) is 6.42 Å². The molecule has 2 bridgehead atoms. The first kappa shape index (κ1) is 13.5. The van der Waals surface area contributed by atoms with E-state index in [1.807, 2.05) is 7.05 Å². The van der Waals surface area contributed by atoms with Crippen LogP contribution in [0.2, 0.25) is 0 Å². The third-order valence-electron chi connectivity index (χ3n) is 3.91. The van der Waals surface area contributed by atoms with Crippen molar-refractivity contribution in [1.29, 1.82) is 0 Å². The molecule has 0 aliphatic carbocycles. The van der Waals surface area contributed by atoms with E-state index < -0.39 is 11.9 Å². The van der Waals surface area contributed by atoms with E-state index in [9.17, 15) is 9.59 Å². The van der Waals surface area contributed by atoms with Crippen molar-refractivity contribution >= 4 is 11.8 Å². The molecular weight excluding hydrogens is 238 g/mol. The van der Waals surface area contributed by atoms with Crippen LogP contribution in [-0.2, 0) is 23.8 Å². The van der Waals surface area contributed by atoms with Crippen molar-refractivity contribution in [3.8, 4) is 0 Å². The minimum Gasteiger partial charge on any atom is -0.468 e. The average molecular weight is 257 g/mol. The van der Waals surface area contributed by atoms with Gasteiger partial charge in [0.2, 0.25) is 0 Å². The molecule has 2 rings (SSSR count). The second-order valence-electron chi connectivity index (χ2n) is 4.83. The zero-order valence-electron chi connectivity index (χ0n) is 10.9. The van der Waals surface area contributed by atoms with Gasteiger partial charge in [-0.2, -0.15) is 0 Å². The van der Waals surface area contributed by atoms with Crippen LogP contribution in [-0.4, -0.2) is 62.9 Å². The SMILES string of the molecule is COCOC1CC2CC(=O)C(C(=O)OC)C1N2C. The summed E-state index contributed by atoms with van der Waals surface area (Å²) in [6.07, 6.45) is 0.985. The Labute approximate surface area is 106 Å². The molecular formula is C12H19NO5. The number of Topliss-reactive ketones (excluding diaryl/α,β-unsaturated/α-hetero) is 1. The van der Waals surface area contributed by atoms with Gasteiger partial charge in [-0.25, -0.2) is 0 Å². The van der Waals surface area contributed by atoms with Gasteiger partial charge in [-0.05, 0) is 13.5 Å². The van der Waals surface area contributed by atoms with E-state index >= 15 is 0 Å². The van der Waals surface area contributed by atoms with E-state index in [1.54, 1.807) is 7.11 Å². The first-order chi connectivity index (χ1) is 8.60. The second-order valence-corrected chi connectivity index (χ2v) is 4.83. The van der Waals surface area contributed by atoms with Crippen molar-refractivity contribution in [3.05, 3.63) is 0 Å². The number of carbonyl (C=O) groups excluding carboxylic acids is 2. The fourth-order valence-corrected chi connectivity index (χ4v) is 3.03. The van der Waals surface area contributed by atoms with Gasteiger partial charge in [0, 0.05) is 19.6 Å². The van der Waals surface area contributed by atoms with Crippen molar-refractivity contribution in [1.82, 2.24) is 4.90 Å². The number of hydrogen-bond acceptors (Lipinski definition) is 6. The Morgan fingerprint density at radius 1 is 1.44 bits per heavy atom.